The van der Waals surface area contributed by atoms with E-state index in [-0.39, 0.29) is 30.3 Å². The van der Waals surface area contributed by atoms with E-state index in [4.69, 9.17) is 36.9 Å². The summed E-state index contributed by atoms with van der Waals surface area (Å²) in [6, 6.07) is 0. The monoisotopic (exact) mass is 437 g/mol. The largest absolute Gasteiger partial charge is 0.463 e. The van der Waals surface area contributed by atoms with Crippen LogP contribution >= 0.6 is 12.2 Å². The first kappa shape index (κ1) is 20.7. The topological polar surface area (TPSA) is 136 Å². The molecule has 2 aliphatic heterocycles. The second kappa shape index (κ2) is 7.30. The molecule has 0 radical (unpaired) electrons. The fraction of sp³-hybridized carbons (Fsp3) is 0.556. The summed E-state index contributed by atoms with van der Waals surface area (Å²) in [5.74, 6) is -1.36. The zero-order valence-electron chi connectivity index (χ0n) is 16.8. The fourth-order valence-corrected chi connectivity index (χ4v) is 4.28. The van der Waals surface area contributed by atoms with Crippen molar-refractivity contribution in [1.82, 2.24) is 19.1 Å². The van der Waals surface area contributed by atoms with Crippen LogP contribution < -0.4 is 11.3 Å². The average molecular weight is 437 g/mol. The van der Waals surface area contributed by atoms with Gasteiger partial charge in [0.1, 0.15) is 24.9 Å². The third-order valence-corrected chi connectivity index (χ3v) is 5.39. The van der Waals surface area contributed by atoms with Crippen LogP contribution in [0.5, 0.6) is 0 Å². The Bertz CT molecular complexity index is 1130. The fourth-order valence-electron chi connectivity index (χ4n) is 3.93. The lowest BCUT2D eigenvalue weighted by molar-refractivity contribution is -0.202. The number of aromatic nitrogens is 4. The molecule has 0 aliphatic carbocycles. The summed E-state index contributed by atoms with van der Waals surface area (Å²) < 4.78 is 26.9. The lowest BCUT2D eigenvalue weighted by Crippen LogP contribution is -2.33. The Balaban J connectivity index is 1.86. The second-order valence-corrected chi connectivity index (χ2v) is 7.97. The van der Waals surface area contributed by atoms with Crippen molar-refractivity contribution < 1.29 is 23.7 Å². The highest BCUT2D eigenvalue weighted by atomic mass is 32.1. The first-order valence-electron chi connectivity index (χ1n) is 9.39. The molecule has 11 nitrogen and oxygen atoms in total. The van der Waals surface area contributed by atoms with E-state index in [2.05, 4.69) is 16.5 Å². The standard InChI is InChI=1S/C18H23N5O6S/c1-5-6-22-10-13(20-16(19)21-14(10)25)23(17(22)30)15-12-11(28-18(3,4)29-12)9(27-15)7-26-8(2)24/h5,9,11-12,15H,1,6-7H2,2-4H3,(H3,19,20,21,25)/t9?,11-,12-,15?/m1/s1. The smallest absolute Gasteiger partial charge is 0.302 e. The predicted molar refractivity (Wildman–Crippen MR) is 108 cm³/mol. The molecule has 0 saturated carbocycles. The van der Waals surface area contributed by atoms with Crippen LogP contribution in [0.2, 0.25) is 0 Å². The number of anilines is 1. The molecule has 0 amide bonds. The molecule has 2 aromatic heterocycles. The molecule has 4 atom stereocenters. The van der Waals surface area contributed by atoms with E-state index in [0.717, 1.165) is 0 Å². The summed E-state index contributed by atoms with van der Waals surface area (Å²) in [6.45, 7) is 8.89. The van der Waals surface area contributed by atoms with Crippen molar-refractivity contribution in [1.29, 1.82) is 0 Å². The Hall–Kier alpha value is -2.54. The molecule has 30 heavy (non-hydrogen) atoms. The number of nitrogens with two attached hydrogens (primary N) is 1. The summed E-state index contributed by atoms with van der Waals surface area (Å²) in [5.41, 5.74) is 5.86. The van der Waals surface area contributed by atoms with Crippen molar-refractivity contribution in [2.75, 3.05) is 12.3 Å². The molecular weight excluding hydrogens is 414 g/mol. The summed E-state index contributed by atoms with van der Waals surface area (Å²) in [6.07, 6.45) is -0.826. The minimum atomic E-state index is -0.878. The number of hydrogen-bond acceptors (Lipinski definition) is 9. The number of H-pyrrole nitrogens is 1. The number of aromatic amines is 1. The number of carbonyl (C=O) groups excluding carboxylic acids is 1. The molecule has 2 aliphatic rings. The Morgan fingerprint density at radius 2 is 2.13 bits per heavy atom. The molecule has 4 rings (SSSR count). The van der Waals surface area contributed by atoms with E-state index < -0.39 is 41.9 Å². The maximum Gasteiger partial charge on any atom is 0.302 e. The number of nitrogens with zero attached hydrogens (tertiary/aromatic N) is 3. The number of nitrogen functional groups attached to an aromatic ring is 1. The summed E-state index contributed by atoms with van der Waals surface area (Å²) in [5, 5.41) is 0. The highest BCUT2D eigenvalue weighted by Gasteiger charge is 2.56. The molecule has 2 aromatic rings. The molecule has 2 unspecified atom stereocenters. The van der Waals surface area contributed by atoms with Gasteiger partial charge in [-0.15, -0.1) is 6.58 Å². The van der Waals surface area contributed by atoms with Gasteiger partial charge in [0.2, 0.25) is 5.95 Å². The van der Waals surface area contributed by atoms with Gasteiger partial charge < -0.3 is 29.2 Å². The van der Waals surface area contributed by atoms with E-state index >= 15 is 0 Å². The molecule has 0 aromatic carbocycles. The molecule has 12 heteroatoms. The third-order valence-electron chi connectivity index (χ3n) is 4.97. The Kier molecular flexibility index (Phi) is 5.04. The van der Waals surface area contributed by atoms with Crippen LogP contribution in [-0.4, -0.2) is 55.8 Å². The van der Waals surface area contributed by atoms with Gasteiger partial charge in [0.25, 0.3) is 5.56 Å². The Morgan fingerprint density at radius 1 is 1.43 bits per heavy atom. The second-order valence-electron chi connectivity index (χ2n) is 7.61. The van der Waals surface area contributed by atoms with E-state index in [1.165, 1.54) is 6.92 Å². The van der Waals surface area contributed by atoms with Crippen molar-refractivity contribution in [3.8, 4) is 0 Å². The lowest BCUT2D eigenvalue weighted by atomic mass is 10.1. The van der Waals surface area contributed by atoms with Crippen molar-refractivity contribution in [2.45, 2.75) is 57.6 Å². The summed E-state index contributed by atoms with van der Waals surface area (Å²) in [4.78, 5) is 30.7. The van der Waals surface area contributed by atoms with Crippen LogP contribution in [-0.2, 0) is 30.3 Å². The normalized spacial score (nSPS) is 27.3. The molecule has 0 spiro atoms. The maximum atomic E-state index is 12.6. The minimum Gasteiger partial charge on any atom is -0.463 e. The molecule has 0 bridgehead atoms. The predicted octanol–water partition coefficient (Wildman–Crippen LogP) is 1.00. The Labute approximate surface area is 176 Å². The van der Waals surface area contributed by atoms with Gasteiger partial charge in [-0.3, -0.25) is 19.1 Å². The molecule has 2 saturated heterocycles. The number of esters is 1. The van der Waals surface area contributed by atoms with Crippen molar-refractivity contribution >= 4 is 35.3 Å². The van der Waals surface area contributed by atoms with E-state index in [0.29, 0.717) is 4.77 Å². The molecule has 162 valence electrons. The van der Waals surface area contributed by atoms with E-state index in [1.54, 1.807) is 29.1 Å². The highest BCUT2D eigenvalue weighted by molar-refractivity contribution is 7.71. The van der Waals surface area contributed by atoms with Crippen molar-refractivity contribution in [2.24, 2.45) is 0 Å². The number of nitrogens with one attached hydrogen (secondary N) is 1. The average Bonchev–Trinajstić information content (AvgIpc) is 3.21. The van der Waals surface area contributed by atoms with Crippen molar-refractivity contribution in [3.05, 3.63) is 27.8 Å². The first-order valence-corrected chi connectivity index (χ1v) is 9.79. The number of ether oxygens (including phenoxy) is 4. The van der Waals surface area contributed by atoms with Gasteiger partial charge in [-0.25, -0.2) is 0 Å². The third kappa shape index (κ3) is 3.35. The maximum absolute atomic E-state index is 12.6. The van der Waals surface area contributed by atoms with Gasteiger partial charge in [-0.2, -0.15) is 4.98 Å². The number of hydrogen-bond donors (Lipinski definition) is 2. The molecule has 4 heterocycles. The number of allylic oxidation sites excluding steroid dienone is 1. The van der Waals surface area contributed by atoms with Gasteiger partial charge in [0.05, 0.1) is 0 Å². The number of carbonyl (C=O) groups is 1. The van der Waals surface area contributed by atoms with Gasteiger partial charge >= 0.3 is 5.97 Å². The van der Waals surface area contributed by atoms with Gasteiger partial charge in [0, 0.05) is 13.5 Å². The van der Waals surface area contributed by atoms with Crippen LogP contribution in [0.4, 0.5) is 5.95 Å². The molecular formula is C18H23N5O6S. The van der Waals surface area contributed by atoms with Gasteiger partial charge in [-0.05, 0) is 26.1 Å². The summed E-state index contributed by atoms with van der Waals surface area (Å²) in [7, 11) is 0. The van der Waals surface area contributed by atoms with Crippen LogP contribution in [0.25, 0.3) is 11.2 Å². The number of rotatable bonds is 5. The van der Waals surface area contributed by atoms with E-state index in [1.807, 2.05) is 0 Å². The van der Waals surface area contributed by atoms with Crippen LogP contribution in [0.1, 0.15) is 27.0 Å². The number of imidazole rings is 1. The van der Waals surface area contributed by atoms with Crippen LogP contribution in [0.3, 0.4) is 0 Å². The van der Waals surface area contributed by atoms with Gasteiger partial charge in [-0.1, -0.05) is 6.08 Å². The molecule has 2 fully saturated rings. The summed E-state index contributed by atoms with van der Waals surface area (Å²) >= 11 is 5.64. The quantitative estimate of drug-likeness (QED) is 0.399. The Morgan fingerprint density at radius 3 is 2.80 bits per heavy atom. The lowest BCUT2D eigenvalue weighted by Gasteiger charge is -2.24. The molecule has 3 N–H and O–H groups in total. The SMILES string of the molecule is C=CCn1c(=S)n(C2OC(COC(C)=O)[C@H]3OC(C)(C)O[C@@H]23)c2nc(N)[nH]c(=O)c21. The highest BCUT2D eigenvalue weighted by Crippen LogP contribution is 2.44. The zero-order chi connectivity index (χ0) is 21.8. The van der Waals surface area contributed by atoms with Crippen LogP contribution in [0, 0.1) is 4.77 Å². The number of fused-ring (bicyclic) bond motifs is 2. The first-order chi connectivity index (χ1) is 14.1. The minimum absolute atomic E-state index is 0.0127. The zero-order valence-corrected chi connectivity index (χ0v) is 17.6. The van der Waals surface area contributed by atoms with Crippen molar-refractivity contribution in [3.63, 3.8) is 0 Å². The van der Waals surface area contributed by atoms with Crippen LogP contribution in [0.15, 0.2) is 17.4 Å². The van der Waals surface area contributed by atoms with Gasteiger partial charge in [0.15, 0.2) is 27.9 Å². The van der Waals surface area contributed by atoms with E-state index in [9.17, 15) is 9.59 Å².